The third-order valence-corrected chi connectivity index (χ3v) is 3.31. The lowest BCUT2D eigenvalue weighted by Crippen LogP contribution is -2.12. The first-order chi connectivity index (χ1) is 9.25. The Balaban J connectivity index is 1.95. The Morgan fingerprint density at radius 2 is 2.16 bits per heavy atom. The van der Waals surface area contributed by atoms with Crippen LogP contribution in [-0.2, 0) is 0 Å². The zero-order valence-corrected chi connectivity index (χ0v) is 11.3. The van der Waals surface area contributed by atoms with Crippen molar-refractivity contribution in [3.63, 3.8) is 0 Å². The van der Waals surface area contributed by atoms with E-state index in [-0.39, 0.29) is 5.91 Å². The van der Waals surface area contributed by atoms with Crippen molar-refractivity contribution in [2.75, 3.05) is 5.32 Å². The maximum Gasteiger partial charge on any atom is 0.259 e. The lowest BCUT2D eigenvalue weighted by atomic mass is 10.2. The van der Waals surface area contributed by atoms with Gasteiger partial charge in [-0.3, -0.25) is 4.79 Å². The van der Waals surface area contributed by atoms with E-state index in [0.717, 1.165) is 5.52 Å². The number of nitrogens with zero attached hydrogens (tertiary/aromatic N) is 3. The van der Waals surface area contributed by atoms with E-state index in [0.29, 0.717) is 15.9 Å². The summed E-state index contributed by atoms with van der Waals surface area (Å²) in [5.41, 5.74) is 1.92. The third-order valence-electron chi connectivity index (χ3n) is 2.68. The van der Waals surface area contributed by atoms with E-state index in [1.807, 2.05) is 18.2 Å². The van der Waals surface area contributed by atoms with Crippen LogP contribution < -0.4 is 5.32 Å². The Bertz CT molecular complexity index is 753. The monoisotopic (exact) mass is 316 g/mol. The van der Waals surface area contributed by atoms with Gasteiger partial charge in [0.15, 0.2) is 0 Å². The van der Waals surface area contributed by atoms with Crippen LogP contribution in [0.1, 0.15) is 10.4 Å². The molecule has 0 aromatic carbocycles. The Morgan fingerprint density at radius 3 is 3.00 bits per heavy atom. The van der Waals surface area contributed by atoms with Gasteiger partial charge >= 0.3 is 0 Å². The van der Waals surface area contributed by atoms with Crippen LogP contribution in [-0.4, -0.2) is 20.5 Å². The molecule has 3 aromatic rings. The predicted molar refractivity (Wildman–Crippen MR) is 75.1 cm³/mol. The Hall–Kier alpha value is -2.21. The van der Waals surface area contributed by atoms with Crippen LogP contribution in [0.25, 0.3) is 5.52 Å². The molecule has 0 bridgehead atoms. The fraction of sp³-hybridized carbons (Fsp3) is 0. The summed E-state index contributed by atoms with van der Waals surface area (Å²) >= 11 is 3.29. The molecule has 3 heterocycles. The maximum absolute atomic E-state index is 12.2. The highest BCUT2D eigenvalue weighted by molar-refractivity contribution is 9.10. The highest BCUT2D eigenvalue weighted by Crippen LogP contribution is 2.20. The minimum Gasteiger partial charge on any atom is -0.320 e. The lowest BCUT2D eigenvalue weighted by molar-refractivity contribution is 0.102. The molecule has 0 saturated heterocycles. The average molecular weight is 317 g/mol. The second-order valence-corrected chi connectivity index (χ2v) is 4.64. The van der Waals surface area contributed by atoms with Gasteiger partial charge in [0, 0.05) is 12.4 Å². The number of carbonyl (C=O) groups excluding carboxylic acids is 1. The van der Waals surface area contributed by atoms with Crippen LogP contribution in [0.4, 0.5) is 5.69 Å². The van der Waals surface area contributed by atoms with Gasteiger partial charge in [-0.25, -0.2) is 9.50 Å². The molecule has 1 amide bonds. The van der Waals surface area contributed by atoms with Gasteiger partial charge in [0.1, 0.15) is 4.60 Å². The predicted octanol–water partition coefficient (Wildman–Crippen LogP) is 2.74. The summed E-state index contributed by atoms with van der Waals surface area (Å²) in [6, 6.07) is 9.12. The number of hydrogen-bond donors (Lipinski definition) is 1. The number of aromatic nitrogens is 3. The van der Waals surface area contributed by atoms with Gasteiger partial charge < -0.3 is 5.32 Å². The molecule has 0 unspecified atom stereocenters. The molecule has 0 aliphatic heterocycles. The van der Waals surface area contributed by atoms with Crippen molar-refractivity contribution in [1.29, 1.82) is 0 Å². The number of rotatable bonds is 2. The minimum absolute atomic E-state index is 0.213. The molecule has 0 radical (unpaired) electrons. The topological polar surface area (TPSA) is 59.3 Å². The van der Waals surface area contributed by atoms with Crippen LogP contribution in [0.5, 0.6) is 0 Å². The van der Waals surface area contributed by atoms with Crippen LogP contribution in [0.3, 0.4) is 0 Å². The van der Waals surface area contributed by atoms with Crippen LogP contribution in [0.15, 0.2) is 53.5 Å². The molecule has 0 atom stereocenters. The number of nitrogens with one attached hydrogen (secondary N) is 1. The van der Waals surface area contributed by atoms with E-state index < -0.39 is 0 Å². The number of fused-ring (bicyclic) bond motifs is 1. The Morgan fingerprint density at radius 1 is 1.26 bits per heavy atom. The van der Waals surface area contributed by atoms with Crippen molar-refractivity contribution in [2.24, 2.45) is 0 Å². The third kappa shape index (κ3) is 2.22. The smallest absolute Gasteiger partial charge is 0.259 e. The summed E-state index contributed by atoms with van der Waals surface area (Å²) in [5, 5.41) is 6.94. The standard InChI is InChI=1S/C13H9BrN4O/c14-12-10(4-3-6-15-12)17-13(19)9-8-16-18-7-2-1-5-11(9)18/h1-8H,(H,17,19). The SMILES string of the molecule is O=C(Nc1cccnc1Br)c1cnn2ccccc12. The second kappa shape index (κ2) is 4.81. The lowest BCUT2D eigenvalue weighted by Gasteiger charge is -2.05. The molecule has 3 aromatic heterocycles. The molecule has 0 aliphatic carbocycles. The van der Waals surface area contributed by atoms with Gasteiger partial charge in [-0.15, -0.1) is 0 Å². The van der Waals surface area contributed by atoms with E-state index in [1.54, 1.807) is 35.2 Å². The molecule has 0 fully saturated rings. The van der Waals surface area contributed by atoms with E-state index in [4.69, 9.17) is 0 Å². The fourth-order valence-electron chi connectivity index (χ4n) is 1.78. The van der Waals surface area contributed by atoms with E-state index >= 15 is 0 Å². The summed E-state index contributed by atoms with van der Waals surface area (Å²) in [4.78, 5) is 16.3. The van der Waals surface area contributed by atoms with Gasteiger partial charge in [0.2, 0.25) is 0 Å². The minimum atomic E-state index is -0.213. The van der Waals surface area contributed by atoms with E-state index in [2.05, 4.69) is 31.3 Å². The van der Waals surface area contributed by atoms with Crippen molar-refractivity contribution >= 4 is 33.0 Å². The van der Waals surface area contributed by atoms with Crippen molar-refractivity contribution in [3.8, 4) is 0 Å². The first-order valence-corrected chi connectivity index (χ1v) is 6.39. The summed E-state index contributed by atoms with van der Waals surface area (Å²) in [5.74, 6) is -0.213. The highest BCUT2D eigenvalue weighted by atomic mass is 79.9. The second-order valence-electron chi connectivity index (χ2n) is 3.88. The van der Waals surface area contributed by atoms with Gasteiger partial charge in [-0.1, -0.05) is 6.07 Å². The molecule has 3 rings (SSSR count). The van der Waals surface area contributed by atoms with Crippen molar-refractivity contribution in [1.82, 2.24) is 14.6 Å². The van der Waals surface area contributed by atoms with Crippen molar-refractivity contribution in [2.45, 2.75) is 0 Å². The molecular formula is C13H9BrN4O. The van der Waals surface area contributed by atoms with Crippen LogP contribution in [0.2, 0.25) is 0 Å². The zero-order chi connectivity index (χ0) is 13.2. The van der Waals surface area contributed by atoms with Crippen molar-refractivity contribution in [3.05, 3.63) is 59.1 Å². The van der Waals surface area contributed by atoms with Gasteiger partial charge in [0.05, 0.1) is 23.0 Å². The molecule has 0 spiro atoms. The summed E-state index contributed by atoms with van der Waals surface area (Å²) in [6.07, 6.45) is 5.00. The summed E-state index contributed by atoms with van der Waals surface area (Å²) in [7, 11) is 0. The molecule has 0 aliphatic rings. The maximum atomic E-state index is 12.2. The molecule has 6 heteroatoms. The van der Waals surface area contributed by atoms with Gasteiger partial charge in [-0.2, -0.15) is 5.10 Å². The molecule has 94 valence electrons. The molecule has 5 nitrogen and oxygen atoms in total. The number of halogens is 1. The first-order valence-electron chi connectivity index (χ1n) is 5.60. The fourth-order valence-corrected chi connectivity index (χ4v) is 2.13. The van der Waals surface area contributed by atoms with Gasteiger partial charge in [0.25, 0.3) is 5.91 Å². The number of anilines is 1. The summed E-state index contributed by atoms with van der Waals surface area (Å²) in [6.45, 7) is 0. The summed E-state index contributed by atoms with van der Waals surface area (Å²) < 4.78 is 2.26. The van der Waals surface area contributed by atoms with Gasteiger partial charge in [-0.05, 0) is 40.2 Å². The first kappa shape index (κ1) is 11.9. The molecule has 19 heavy (non-hydrogen) atoms. The molecular weight excluding hydrogens is 308 g/mol. The van der Waals surface area contributed by atoms with Crippen LogP contribution >= 0.6 is 15.9 Å². The Kier molecular flexibility index (Phi) is 3.00. The van der Waals surface area contributed by atoms with E-state index in [1.165, 1.54) is 0 Å². The largest absolute Gasteiger partial charge is 0.320 e. The number of amides is 1. The highest BCUT2D eigenvalue weighted by Gasteiger charge is 2.13. The normalized spacial score (nSPS) is 10.6. The number of hydrogen-bond acceptors (Lipinski definition) is 3. The quantitative estimate of drug-likeness (QED) is 0.739. The number of carbonyl (C=O) groups is 1. The molecule has 0 saturated carbocycles. The number of pyridine rings is 2. The van der Waals surface area contributed by atoms with Crippen LogP contribution in [0, 0.1) is 0 Å². The van der Waals surface area contributed by atoms with E-state index in [9.17, 15) is 4.79 Å². The van der Waals surface area contributed by atoms with Crippen molar-refractivity contribution < 1.29 is 4.79 Å². The molecule has 1 N–H and O–H groups in total. The average Bonchev–Trinajstić information content (AvgIpc) is 2.85. The zero-order valence-electron chi connectivity index (χ0n) is 9.75. The Labute approximate surface area is 117 Å².